The number of para-hydroxylation sites is 1. The monoisotopic (exact) mass is 394 g/mol. The number of carbonyl (C=O) groups is 1. The molecule has 0 saturated heterocycles. The Bertz CT molecular complexity index is 1210. The van der Waals surface area contributed by atoms with Gasteiger partial charge in [0.05, 0.1) is 6.42 Å². The maximum absolute atomic E-state index is 12.7. The number of rotatable bonds is 4. The molecule has 3 aromatic carbocycles. The molecule has 0 spiro atoms. The van der Waals surface area contributed by atoms with Crippen molar-refractivity contribution >= 4 is 16.9 Å². The number of fused-ring (bicyclic) bond motifs is 2. The molecule has 1 aromatic heterocycles. The zero-order chi connectivity index (χ0) is 20.1. The number of hydrogen-bond donors (Lipinski definition) is 1. The van der Waals surface area contributed by atoms with Gasteiger partial charge in [-0.05, 0) is 46.7 Å². The Hall–Kier alpha value is -3.40. The molecule has 0 saturated carbocycles. The summed E-state index contributed by atoms with van der Waals surface area (Å²) in [4.78, 5) is 12.7. The maximum atomic E-state index is 12.7. The summed E-state index contributed by atoms with van der Waals surface area (Å²) in [6.45, 7) is 0.679. The van der Waals surface area contributed by atoms with Gasteiger partial charge >= 0.3 is 0 Å². The predicted molar refractivity (Wildman–Crippen MR) is 115 cm³/mol. The standard InChI is InChI=1S/C26H22N2O2/c29-25(14-23-21-11-5-6-12-24(21)30-28-23)27-15-16-13-22-17-7-1-3-9-19(17)26(16)20-10-4-2-8-18(20)22/h1-12,16,22,26H,13-15H2,(H,27,29). The Morgan fingerprint density at radius 1 is 0.900 bits per heavy atom. The van der Waals surface area contributed by atoms with Crippen LogP contribution >= 0.6 is 0 Å². The molecule has 3 aliphatic carbocycles. The van der Waals surface area contributed by atoms with E-state index in [4.69, 9.17) is 4.52 Å². The fourth-order valence-electron chi connectivity index (χ4n) is 5.48. The Morgan fingerprint density at radius 3 is 2.27 bits per heavy atom. The van der Waals surface area contributed by atoms with Crippen molar-refractivity contribution in [2.24, 2.45) is 5.92 Å². The van der Waals surface area contributed by atoms with Crippen LogP contribution in [0.25, 0.3) is 11.0 Å². The molecule has 1 atom stereocenters. The molecule has 148 valence electrons. The van der Waals surface area contributed by atoms with Crippen molar-refractivity contribution in [3.63, 3.8) is 0 Å². The average Bonchev–Trinajstić information content (AvgIpc) is 3.20. The first-order valence-corrected chi connectivity index (χ1v) is 10.6. The van der Waals surface area contributed by atoms with Gasteiger partial charge in [0.25, 0.3) is 0 Å². The summed E-state index contributed by atoms with van der Waals surface area (Å²) in [5, 5.41) is 8.18. The molecule has 4 heteroatoms. The molecule has 1 heterocycles. The SMILES string of the molecule is O=C(Cc1noc2ccccc12)NCC1CC2c3ccccc3C1c1ccccc12. The van der Waals surface area contributed by atoms with E-state index in [0.29, 0.717) is 30.0 Å². The van der Waals surface area contributed by atoms with Gasteiger partial charge in [-0.3, -0.25) is 4.79 Å². The van der Waals surface area contributed by atoms with Gasteiger partial charge in [0, 0.05) is 23.8 Å². The molecule has 0 fully saturated rings. The van der Waals surface area contributed by atoms with Crippen molar-refractivity contribution in [1.29, 1.82) is 0 Å². The van der Waals surface area contributed by atoms with E-state index in [-0.39, 0.29) is 12.3 Å². The summed E-state index contributed by atoms with van der Waals surface area (Å²) in [6, 6.07) is 25.3. The van der Waals surface area contributed by atoms with Crippen molar-refractivity contribution in [1.82, 2.24) is 10.5 Å². The van der Waals surface area contributed by atoms with E-state index >= 15 is 0 Å². The third-order valence-corrected chi connectivity index (χ3v) is 6.76. The second kappa shape index (κ2) is 6.84. The normalized spacial score (nSPS) is 21.3. The van der Waals surface area contributed by atoms with E-state index in [1.54, 1.807) is 0 Å². The molecule has 0 radical (unpaired) electrons. The first-order chi connectivity index (χ1) is 14.8. The lowest BCUT2D eigenvalue weighted by Gasteiger charge is -2.45. The van der Waals surface area contributed by atoms with Crippen LogP contribution < -0.4 is 5.32 Å². The first kappa shape index (κ1) is 17.5. The number of benzene rings is 3. The second-order valence-electron chi connectivity index (χ2n) is 8.39. The van der Waals surface area contributed by atoms with Crippen LogP contribution in [0.3, 0.4) is 0 Å². The van der Waals surface area contributed by atoms with Gasteiger partial charge in [0.15, 0.2) is 5.58 Å². The highest BCUT2D eigenvalue weighted by atomic mass is 16.5. The minimum absolute atomic E-state index is 0.00271. The van der Waals surface area contributed by atoms with E-state index < -0.39 is 0 Å². The molecular weight excluding hydrogens is 372 g/mol. The van der Waals surface area contributed by atoms with Crippen LogP contribution in [-0.2, 0) is 11.2 Å². The third kappa shape index (κ3) is 2.67. The highest BCUT2D eigenvalue weighted by Crippen LogP contribution is 2.55. The molecule has 4 aromatic rings. The average molecular weight is 394 g/mol. The molecular formula is C26H22N2O2. The molecule has 0 aliphatic heterocycles. The van der Waals surface area contributed by atoms with Gasteiger partial charge < -0.3 is 9.84 Å². The lowest BCUT2D eigenvalue weighted by molar-refractivity contribution is -0.120. The van der Waals surface area contributed by atoms with Crippen molar-refractivity contribution in [3.05, 3.63) is 101 Å². The van der Waals surface area contributed by atoms with Crippen molar-refractivity contribution in [2.75, 3.05) is 6.54 Å². The van der Waals surface area contributed by atoms with Crippen LogP contribution in [0.15, 0.2) is 77.3 Å². The molecule has 1 amide bonds. The van der Waals surface area contributed by atoms with Crippen LogP contribution in [-0.4, -0.2) is 17.6 Å². The topological polar surface area (TPSA) is 55.1 Å². The van der Waals surface area contributed by atoms with Gasteiger partial charge in [-0.15, -0.1) is 0 Å². The molecule has 1 unspecified atom stereocenters. The Labute approximate surface area is 174 Å². The van der Waals surface area contributed by atoms with E-state index in [1.165, 1.54) is 22.3 Å². The Kier molecular flexibility index (Phi) is 3.98. The van der Waals surface area contributed by atoms with E-state index in [1.807, 2.05) is 24.3 Å². The molecule has 3 aliphatic rings. The molecule has 2 bridgehead atoms. The van der Waals surface area contributed by atoms with Gasteiger partial charge in [-0.25, -0.2) is 0 Å². The van der Waals surface area contributed by atoms with Crippen LogP contribution in [0.2, 0.25) is 0 Å². The summed E-state index contributed by atoms with van der Waals surface area (Å²) in [5.74, 6) is 1.16. The van der Waals surface area contributed by atoms with Gasteiger partial charge in [0.1, 0.15) is 5.69 Å². The minimum atomic E-state index is -0.00271. The Balaban J connectivity index is 1.22. The lowest BCUT2D eigenvalue weighted by Crippen LogP contribution is -2.39. The number of aromatic nitrogens is 1. The van der Waals surface area contributed by atoms with Gasteiger partial charge in [0.2, 0.25) is 5.91 Å². The second-order valence-corrected chi connectivity index (χ2v) is 8.39. The smallest absolute Gasteiger partial charge is 0.226 e. The number of carbonyl (C=O) groups excluding carboxylic acids is 1. The maximum Gasteiger partial charge on any atom is 0.226 e. The summed E-state index contributed by atoms with van der Waals surface area (Å²) in [5.41, 5.74) is 7.18. The quantitative estimate of drug-likeness (QED) is 0.542. The number of amides is 1. The van der Waals surface area contributed by atoms with E-state index in [0.717, 1.165) is 17.4 Å². The van der Waals surface area contributed by atoms with Crippen molar-refractivity contribution < 1.29 is 9.32 Å². The van der Waals surface area contributed by atoms with E-state index in [9.17, 15) is 4.79 Å². The molecule has 30 heavy (non-hydrogen) atoms. The molecule has 1 N–H and O–H groups in total. The summed E-state index contributed by atoms with van der Waals surface area (Å²) >= 11 is 0. The number of nitrogens with one attached hydrogen (secondary N) is 1. The van der Waals surface area contributed by atoms with Crippen LogP contribution in [0, 0.1) is 5.92 Å². The minimum Gasteiger partial charge on any atom is -0.356 e. The zero-order valence-electron chi connectivity index (χ0n) is 16.5. The van der Waals surface area contributed by atoms with Crippen LogP contribution in [0.1, 0.15) is 46.2 Å². The number of nitrogens with zero attached hydrogens (tertiary/aromatic N) is 1. The van der Waals surface area contributed by atoms with Crippen molar-refractivity contribution in [2.45, 2.75) is 24.7 Å². The highest BCUT2D eigenvalue weighted by Gasteiger charge is 2.42. The van der Waals surface area contributed by atoms with E-state index in [2.05, 4.69) is 59.0 Å². The number of hydrogen-bond acceptors (Lipinski definition) is 3. The van der Waals surface area contributed by atoms with Crippen LogP contribution in [0.5, 0.6) is 0 Å². The fraction of sp³-hybridized carbons (Fsp3) is 0.231. The highest BCUT2D eigenvalue weighted by molar-refractivity contribution is 5.86. The van der Waals surface area contributed by atoms with Crippen LogP contribution in [0.4, 0.5) is 0 Å². The Morgan fingerprint density at radius 2 is 1.53 bits per heavy atom. The largest absolute Gasteiger partial charge is 0.356 e. The van der Waals surface area contributed by atoms with Crippen molar-refractivity contribution in [3.8, 4) is 0 Å². The lowest BCUT2D eigenvalue weighted by atomic mass is 9.59. The third-order valence-electron chi connectivity index (χ3n) is 6.76. The zero-order valence-corrected chi connectivity index (χ0v) is 16.5. The fourth-order valence-corrected chi connectivity index (χ4v) is 5.48. The molecule has 4 nitrogen and oxygen atoms in total. The van der Waals surface area contributed by atoms with Gasteiger partial charge in [-0.1, -0.05) is 65.8 Å². The summed E-state index contributed by atoms with van der Waals surface area (Å²) in [6.07, 6.45) is 1.32. The summed E-state index contributed by atoms with van der Waals surface area (Å²) < 4.78 is 5.33. The molecule has 7 rings (SSSR count). The predicted octanol–water partition coefficient (Wildman–Crippen LogP) is 4.78. The first-order valence-electron chi connectivity index (χ1n) is 10.6. The summed E-state index contributed by atoms with van der Waals surface area (Å²) in [7, 11) is 0. The van der Waals surface area contributed by atoms with Gasteiger partial charge in [-0.2, -0.15) is 0 Å².